The predicted molar refractivity (Wildman–Crippen MR) is 114 cm³/mol. The van der Waals surface area contributed by atoms with Crippen LogP contribution in [-0.2, 0) is 11.2 Å². The molecular formula is C23H25N3O4. The molecule has 0 unspecified atom stereocenters. The van der Waals surface area contributed by atoms with E-state index in [9.17, 15) is 4.79 Å². The summed E-state index contributed by atoms with van der Waals surface area (Å²) < 4.78 is 16.1. The molecule has 1 aliphatic carbocycles. The number of aromatic nitrogens is 2. The van der Waals surface area contributed by atoms with Gasteiger partial charge >= 0.3 is 0 Å². The Morgan fingerprint density at radius 2 is 1.83 bits per heavy atom. The Balaban J connectivity index is 1.64. The number of amides is 1. The van der Waals surface area contributed by atoms with Crippen LogP contribution < -0.4 is 19.5 Å². The number of hydrogen-bond acceptors (Lipinski definition) is 5. The molecule has 30 heavy (non-hydrogen) atoms. The number of nitrogens with one attached hydrogen (secondary N) is 2. The Bertz CT molecular complexity index is 1060. The molecule has 1 heterocycles. The minimum absolute atomic E-state index is 0.111. The van der Waals surface area contributed by atoms with E-state index in [-0.39, 0.29) is 12.3 Å². The van der Waals surface area contributed by atoms with Gasteiger partial charge in [-0.25, -0.2) is 0 Å². The predicted octanol–water partition coefficient (Wildman–Crippen LogP) is 4.16. The molecule has 4 rings (SSSR count). The third-order valence-electron chi connectivity index (χ3n) is 5.21. The molecule has 1 amide bonds. The van der Waals surface area contributed by atoms with Crippen molar-refractivity contribution in [2.75, 3.05) is 26.6 Å². The van der Waals surface area contributed by atoms with Gasteiger partial charge in [0.05, 0.1) is 39.1 Å². The number of H-pyrrole nitrogens is 1. The summed E-state index contributed by atoms with van der Waals surface area (Å²) in [5.74, 6) is 2.33. The fourth-order valence-electron chi connectivity index (χ4n) is 3.49. The molecule has 1 aliphatic rings. The first-order chi connectivity index (χ1) is 14.6. The van der Waals surface area contributed by atoms with Crippen molar-refractivity contribution in [1.29, 1.82) is 0 Å². The topological polar surface area (TPSA) is 85.5 Å². The number of rotatable bonds is 8. The van der Waals surface area contributed by atoms with E-state index in [4.69, 9.17) is 14.2 Å². The molecule has 0 radical (unpaired) electrons. The Morgan fingerprint density at radius 1 is 1.07 bits per heavy atom. The van der Waals surface area contributed by atoms with Crippen LogP contribution in [0.25, 0.3) is 11.3 Å². The third kappa shape index (κ3) is 4.10. The van der Waals surface area contributed by atoms with Gasteiger partial charge in [0, 0.05) is 17.5 Å². The molecule has 0 bridgehead atoms. The second-order valence-electron chi connectivity index (χ2n) is 7.28. The van der Waals surface area contributed by atoms with E-state index < -0.39 is 0 Å². The van der Waals surface area contributed by atoms with Crippen molar-refractivity contribution in [3.63, 3.8) is 0 Å². The molecular weight excluding hydrogens is 382 g/mol. The molecule has 1 fully saturated rings. The second kappa shape index (κ2) is 8.49. The van der Waals surface area contributed by atoms with Gasteiger partial charge in [-0.2, -0.15) is 5.10 Å². The maximum absolute atomic E-state index is 12.9. The van der Waals surface area contributed by atoms with Crippen molar-refractivity contribution < 1.29 is 19.0 Å². The molecule has 1 saturated carbocycles. The molecule has 0 aliphatic heterocycles. The van der Waals surface area contributed by atoms with Crippen molar-refractivity contribution >= 4 is 11.6 Å². The van der Waals surface area contributed by atoms with Crippen LogP contribution in [0.2, 0.25) is 0 Å². The lowest BCUT2D eigenvalue weighted by Gasteiger charge is -2.12. The average molecular weight is 407 g/mol. The molecule has 0 atom stereocenters. The quantitative estimate of drug-likeness (QED) is 0.586. The second-order valence-corrected chi connectivity index (χ2v) is 7.28. The average Bonchev–Trinajstić information content (AvgIpc) is 3.54. The minimum atomic E-state index is -0.111. The summed E-state index contributed by atoms with van der Waals surface area (Å²) in [6.07, 6.45) is 2.41. The van der Waals surface area contributed by atoms with Crippen molar-refractivity contribution in [1.82, 2.24) is 10.2 Å². The molecule has 3 aromatic rings. The van der Waals surface area contributed by atoms with Crippen LogP contribution in [-0.4, -0.2) is 37.4 Å². The Morgan fingerprint density at radius 3 is 2.53 bits per heavy atom. The first kappa shape index (κ1) is 19.8. The number of anilines is 1. The standard InChI is InChI=1S/C23H25N3O4/c1-28-16-6-4-5-14(11-16)12-20(27)24-23-21(15-7-8-15)25-26-22(23)18-10-9-17(29-2)13-19(18)30-3/h4-6,9-11,13,15H,7-8,12H2,1-3H3,(H,24,27)(H,25,26). The lowest BCUT2D eigenvalue weighted by atomic mass is 10.1. The van der Waals surface area contributed by atoms with Gasteiger partial charge in [-0.15, -0.1) is 0 Å². The van der Waals surface area contributed by atoms with Gasteiger partial charge in [0.2, 0.25) is 5.91 Å². The van der Waals surface area contributed by atoms with Gasteiger partial charge < -0.3 is 19.5 Å². The van der Waals surface area contributed by atoms with Gasteiger partial charge in [-0.05, 0) is 42.7 Å². The lowest BCUT2D eigenvalue weighted by Crippen LogP contribution is -2.15. The van der Waals surface area contributed by atoms with E-state index >= 15 is 0 Å². The van der Waals surface area contributed by atoms with Crippen molar-refractivity contribution in [2.45, 2.75) is 25.2 Å². The highest BCUT2D eigenvalue weighted by Gasteiger charge is 2.31. The van der Waals surface area contributed by atoms with Gasteiger partial charge in [0.25, 0.3) is 0 Å². The van der Waals surface area contributed by atoms with Crippen LogP contribution >= 0.6 is 0 Å². The summed E-state index contributed by atoms with van der Waals surface area (Å²) in [5.41, 5.74) is 4.01. The highest BCUT2D eigenvalue weighted by atomic mass is 16.5. The zero-order valence-electron chi connectivity index (χ0n) is 17.3. The van der Waals surface area contributed by atoms with Gasteiger partial charge in [0.15, 0.2) is 0 Å². The van der Waals surface area contributed by atoms with Crippen LogP contribution in [0.3, 0.4) is 0 Å². The number of benzene rings is 2. The monoisotopic (exact) mass is 407 g/mol. The minimum Gasteiger partial charge on any atom is -0.497 e. The Kier molecular flexibility index (Phi) is 5.61. The van der Waals surface area contributed by atoms with Crippen molar-refractivity contribution in [2.24, 2.45) is 0 Å². The van der Waals surface area contributed by atoms with Gasteiger partial charge in [-0.3, -0.25) is 9.89 Å². The highest BCUT2D eigenvalue weighted by Crippen LogP contribution is 2.46. The first-order valence-electron chi connectivity index (χ1n) is 9.86. The number of methoxy groups -OCH3 is 3. The van der Waals surface area contributed by atoms with Crippen LogP contribution in [0.15, 0.2) is 42.5 Å². The van der Waals surface area contributed by atoms with E-state index in [1.165, 1.54) is 0 Å². The fraction of sp³-hybridized carbons (Fsp3) is 0.304. The number of hydrogen-bond donors (Lipinski definition) is 2. The molecule has 0 saturated heterocycles. The molecule has 0 spiro atoms. The number of aromatic amines is 1. The van der Waals surface area contributed by atoms with E-state index in [1.54, 1.807) is 21.3 Å². The van der Waals surface area contributed by atoms with E-state index in [0.29, 0.717) is 28.8 Å². The van der Waals surface area contributed by atoms with Gasteiger partial charge in [-0.1, -0.05) is 12.1 Å². The van der Waals surface area contributed by atoms with Gasteiger partial charge in [0.1, 0.15) is 22.9 Å². The Labute approximate surface area is 175 Å². The number of ether oxygens (including phenoxy) is 3. The summed E-state index contributed by atoms with van der Waals surface area (Å²) in [5, 5.41) is 10.7. The molecule has 156 valence electrons. The smallest absolute Gasteiger partial charge is 0.228 e. The zero-order chi connectivity index (χ0) is 21.1. The normalized spacial score (nSPS) is 13.0. The van der Waals surface area contributed by atoms with Crippen molar-refractivity contribution in [3.8, 4) is 28.5 Å². The van der Waals surface area contributed by atoms with Crippen LogP contribution in [0.5, 0.6) is 17.2 Å². The fourth-order valence-corrected chi connectivity index (χ4v) is 3.49. The number of nitrogens with zero attached hydrogens (tertiary/aromatic N) is 1. The summed E-state index contributed by atoms with van der Waals surface area (Å²) in [6, 6.07) is 13.1. The summed E-state index contributed by atoms with van der Waals surface area (Å²) in [7, 11) is 4.83. The van der Waals surface area contributed by atoms with E-state index in [1.807, 2.05) is 42.5 Å². The van der Waals surface area contributed by atoms with Crippen LogP contribution in [0.4, 0.5) is 5.69 Å². The largest absolute Gasteiger partial charge is 0.497 e. The molecule has 7 heteroatoms. The third-order valence-corrected chi connectivity index (χ3v) is 5.21. The summed E-state index contributed by atoms with van der Waals surface area (Å²) in [6.45, 7) is 0. The highest BCUT2D eigenvalue weighted by molar-refractivity contribution is 5.97. The SMILES string of the molecule is COc1cccc(CC(=O)Nc2c(-c3ccc(OC)cc3OC)n[nH]c2C2CC2)c1. The number of carbonyl (C=O) groups is 1. The van der Waals surface area contributed by atoms with Crippen LogP contribution in [0.1, 0.15) is 30.0 Å². The van der Waals surface area contributed by atoms with Crippen LogP contribution in [0, 0.1) is 0 Å². The zero-order valence-corrected chi connectivity index (χ0v) is 17.3. The maximum atomic E-state index is 12.9. The molecule has 2 aromatic carbocycles. The maximum Gasteiger partial charge on any atom is 0.228 e. The molecule has 7 nitrogen and oxygen atoms in total. The van der Waals surface area contributed by atoms with E-state index in [0.717, 1.165) is 35.4 Å². The summed E-state index contributed by atoms with van der Waals surface area (Å²) in [4.78, 5) is 12.9. The number of carbonyl (C=O) groups excluding carboxylic acids is 1. The first-order valence-corrected chi connectivity index (χ1v) is 9.86. The van der Waals surface area contributed by atoms with E-state index in [2.05, 4.69) is 15.5 Å². The lowest BCUT2D eigenvalue weighted by molar-refractivity contribution is -0.115. The molecule has 2 N–H and O–H groups in total. The molecule has 1 aromatic heterocycles. The van der Waals surface area contributed by atoms with Crippen molar-refractivity contribution in [3.05, 3.63) is 53.7 Å². The Hall–Kier alpha value is -3.48. The summed E-state index contributed by atoms with van der Waals surface area (Å²) >= 11 is 0.